The molecule has 0 aliphatic carbocycles. The fourth-order valence-corrected chi connectivity index (χ4v) is 0.991. The molecule has 1 unspecified atom stereocenters. The van der Waals surface area contributed by atoms with Crippen LogP contribution in [0.4, 0.5) is 0 Å². The van der Waals surface area contributed by atoms with Gasteiger partial charge in [-0.25, -0.2) is 0 Å². The first kappa shape index (κ1) is 14.9. The zero-order valence-electron chi connectivity index (χ0n) is 9.91. The Morgan fingerprint density at radius 2 is 1.81 bits per heavy atom. The highest BCUT2D eigenvalue weighted by atomic mass is 16.4. The number of carbonyl (C=O) groups is 2. The van der Waals surface area contributed by atoms with Crippen LogP contribution in [0, 0.1) is 5.41 Å². The minimum Gasteiger partial charge on any atom is -0.481 e. The molecule has 0 saturated heterocycles. The van der Waals surface area contributed by atoms with Crippen LogP contribution in [0.15, 0.2) is 0 Å². The Balaban J connectivity index is 4.25. The zero-order chi connectivity index (χ0) is 13.0. The molecule has 0 aliphatic heterocycles. The van der Waals surface area contributed by atoms with E-state index in [0.29, 0.717) is 0 Å². The summed E-state index contributed by atoms with van der Waals surface area (Å²) in [6.07, 6.45) is -0.420. The summed E-state index contributed by atoms with van der Waals surface area (Å²) >= 11 is 0. The normalized spacial score (nSPS) is 15.3. The summed E-state index contributed by atoms with van der Waals surface area (Å²) in [4.78, 5) is 22.0. The van der Waals surface area contributed by atoms with Gasteiger partial charge in [-0.1, -0.05) is 0 Å². The molecule has 1 amide bonds. The van der Waals surface area contributed by atoms with Crippen molar-refractivity contribution >= 4 is 11.9 Å². The zero-order valence-corrected chi connectivity index (χ0v) is 9.91. The number of aliphatic carboxylic acids is 1. The summed E-state index contributed by atoms with van der Waals surface area (Å²) in [5.74, 6) is -1.42. The topological polar surface area (TPSA) is 113 Å². The van der Waals surface area contributed by atoms with Crippen LogP contribution in [0.25, 0.3) is 0 Å². The molecular weight excluding hydrogens is 212 g/mol. The summed E-state index contributed by atoms with van der Waals surface area (Å²) in [5.41, 5.74) is 3.23. The number of amides is 1. The molecule has 1 atom stereocenters. The van der Waals surface area contributed by atoms with Gasteiger partial charge in [-0.15, -0.1) is 0 Å². The third kappa shape index (κ3) is 5.09. The van der Waals surface area contributed by atoms with Crippen molar-refractivity contribution in [2.24, 2.45) is 11.1 Å². The van der Waals surface area contributed by atoms with Crippen molar-refractivity contribution in [1.29, 1.82) is 0 Å². The Hall–Kier alpha value is -1.14. The second kappa shape index (κ2) is 5.27. The van der Waals surface area contributed by atoms with E-state index in [2.05, 4.69) is 5.32 Å². The van der Waals surface area contributed by atoms with Gasteiger partial charge in [0, 0.05) is 13.1 Å². The summed E-state index contributed by atoms with van der Waals surface area (Å²) in [6, 6.07) is 0. The van der Waals surface area contributed by atoms with Crippen LogP contribution in [0.3, 0.4) is 0 Å². The summed E-state index contributed by atoms with van der Waals surface area (Å²) in [6.45, 7) is 4.78. The van der Waals surface area contributed by atoms with Crippen LogP contribution in [0.1, 0.15) is 27.2 Å². The third-order valence-corrected chi connectivity index (χ3v) is 2.29. The average molecular weight is 232 g/mol. The molecule has 0 fully saturated rings. The molecule has 0 bridgehead atoms. The van der Waals surface area contributed by atoms with E-state index < -0.39 is 23.4 Å². The van der Waals surface area contributed by atoms with E-state index in [4.69, 9.17) is 10.8 Å². The van der Waals surface area contributed by atoms with Crippen LogP contribution in [0.5, 0.6) is 0 Å². The second-order valence-corrected chi connectivity index (χ2v) is 4.84. The molecule has 0 spiro atoms. The predicted octanol–water partition coefficient (Wildman–Crippen LogP) is -0.687. The molecule has 0 heterocycles. The first-order valence-corrected chi connectivity index (χ1v) is 5.03. The molecule has 0 aromatic carbocycles. The second-order valence-electron chi connectivity index (χ2n) is 4.84. The first-order chi connectivity index (χ1) is 7.10. The molecule has 6 heteroatoms. The molecule has 0 radical (unpaired) electrons. The quantitative estimate of drug-likeness (QED) is 0.484. The molecule has 16 heavy (non-hydrogen) atoms. The molecule has 5 N–H and O–H groups in total. The molecule has 0 aromatic heterocycles. The van der Waals surface area contributed by atoms with Crippen LogP contribution >= 0.6 is 0 Å². The number of carboxylic acids is 1. The number of aliphatic hydroxyl groups is 1. The number of carbonyl (C=O) groups excluding carboxylic acids is 1. The van der Waals surface area contributed by atoms with E-state index in [0.717, 1.165) is 0 Å². The Labute approximate surface area is 94.8 Å². The van der Waals surface area contributed by atoms with E-state index in [1.807, 2.05) is 0 Å². The summed E-state index contributed by atoms with van der Waals surface area (Å²) < 4.78 is 0. The van der Waals surface area contributed by atoms with Crippen molar-refractivity contribution in [2.45, 2.75) is 32.8 Å². The largest absolute Gasteiger partial charge is 0.481 e. The Morgan fingerprint density at radius 3 is 2.19 bits per heavy atom. The maximum Gasteiger partial charge on any atom is 0.306 e. The molecule has 94 valence electrons. The Morgan fingerprint density at radius 1 is 1.31 bits per heavy atom. The van der Waals surface area contributed by atoms with Gasteiger partial charge in [0.25, 0.3) is 0 Å². The highest BCUT2D eigenvalue weighted by Crippen LogP contribution is 2.13. The average Bonchev–Trinajstić information content (AvgIpc) is 2.12. The molecular formula is C10H20N2O4. The fourth-order valence-electron chi connectivity index (χ4n) is 0.991. The maximum absolute atomic E-state index is 11.6. The van der Waals surface area contributed by atoms with E-state index in [1.165, 1.54) is 6.92 Å². The van der Waals surface area contributed by atoms with Gasteiger partial charge in [0.15, 0.2) is 0 Å². The molecule has 0 saturated carbocycles. The van der Waals surface area contributed by atoms with E-state index in [1.54, 1.807) is 13.8 Å². The summed E-state index contributed by atoms with van der Waals surface area (Å²) in [5, 5.41) is 20.7. The van der Waals surface area contributed by atoms with Gasteiger partial charge in [0.05, 0.1) is 17.4 Å². The third-order valence-electron chi connectivity index (χ3n) is 2.29. The fraction of sp³-hybridized carbons (Fsp3) is 0.800. The van der Waals surface area contributed by atoms with Crippen molar-refractivity contribution in [3.8, 4) is 0 Å². The highest BCUT2D eigenvalue weighted by molar-refractivity contribution is 5.82. The lowest BCUT2D eigenvalue weighted by Crippen LogP contribution is -2.48. The number of carboxylic acid groups (broad SMARTS) is 1. The lowest BCUT2D eigenvalue weighted by atomic mass is 9.92. The van der Waals surface area contributed by atoms with Crippen LogP contribution in [-0.2, 0) is 9.59 Å². The van der Waals surface area contributed by atoms with Crippen molar-refractivity contribution in [3.05, 3.63) is 0 Å². The van der Waals surface area contributed by atoms with E-state index in [9.17, 15) is 14.7 Å². The van der Waals surface area contributed by atoms with Gasteiger partial charge in [0.1, 0.15) is 0 Å². The first-order valence-electron chi connectivity index (χ1n) is 5.03. The molecule has 0 aromatic rings. The van der Waals surface area contributed by atoms with Crippen molar-refractivity contribution in [2.75, 3.05) is 13.1 Å². The number of hydrogen-bond acceptors (Lipinski definition) is 4. The predicted molar refractivity (Wildman–Crippen MR) is 58.7 cm³/mol. The molecule has 6 nitrogen and oxygen atoms in total. The van der Waals surface area contributed by atoms with Gasteiger partial charge in [0.2, 0.25) is 5.91 Å². The maximum atomic E-state index is 11.6. The SMILES string of the molecule is CC(O)(CNC(=O)C(C)(C)CN)CC(=O)O. The minimum atomic E-state index is -1.45. The number of nitrogens with one attached hydrogen (secondary N) is 1. The van der Waals surface area contributed by atoms with Crippen molar-refractivity contribution in [1.82, 2.24) is 5.32 Å². The number of nitrogens with two attached hydrogens (primary N) is 1. The van der Waals surface area contributed by atoms with Gasteiger partial charge in [-0.3, -0.25) is 9.59 Å². The lowest BCUT2D eigenvalue weighted by molar-refractivity contribution is -0.142. The monoisotopic (exact) mass is 232 g/mol. The molecule has 0 rings (SSSR count). The van der Waals surface area contributed by atoms with Crippen LogP contribution in [0.2, 0.25) is 0 Å². The Kier molecular flexibility index (Phi) is 4.89. The van der Waals surface area contributed by atoms with Gasteiger partial charge >= 0.3 is 5.97 Å². The van der Waals surface area contributed by atoms with Gasteiger partial charge < -0.3 is 21.3 Å². The van der Waals surface area contributed by atoms with Crippen LogP contribution in [-0.4, -0.2) is 40.8 Å². The summed E-state index contributed by atoms with van der Waals surface area (Å²) in [7, 11) is 0. The lowest BCUT2D eigenvalue weighted by Gasteiger charge is -2.26. The van der Waals surface area contributed by atoms with Gasteiger partial charge in [-0.2, -0.15) is 0 Å². The van der Waals surface area contributed by atoms with Crippen molar-refractivity contribution < 1.29 is 19.8 Å². The van der Waals surface area contributed by atoms with E-state index >= 15 is 0 Å². The van der Waals surface area contributed by atoms with Crippen LogP contribution < -0.4 is 11.1 Å². The standard InChI is InChI=1S/C10H20N2O4/c1-9(2,5-11)8(15)12-6-10(3,16)4-7(13)14/h16H,4-6,11H2,1-3H3,(H,12,15)(H,13,14). The van der Waals surface area contributed by atoms with E-state index in [-0.39, 0.29) is 19.0 Å². The molecule has 0 aliphatic rings. The van der Waals surface area contributed by atoms with Crippen molar-refractivity contribution in [3.63, 3.8) is 0 Å². The van der Waals surface area contributed by atoms with Gasteiger partial charge in [-0.05, 0) is 20.8 Å². The minimum absolute atomic E-state index is 0.110. The Bertz CT molecular complexity index is 274. The number of rotatable bonds is 6. The smallest absolute Gasteiger partial charge is 0.306 e. The number of hydrogen-bond donors (Lipinski definition) is 4. The highest BCUT2D eigenvalue weighted by Gasteiger charge is 2.29.